The number of Topliss-reactive ketones (excluding diaryl/α,β-unsaturated/α-hetero) is 1. The smallest absolute Gasteiger partial charge is 0.267 e. The molecular weight excluding hydrogens is 368 g/mol. The third-order valence-electron chi connectivity index (χ3n) is 3.25. The second-order valence-electron chi connectivity index (χ2n) is 5.12. The van der Waals surface area contributed by atoms with Crippen LogP contribution in [-0.2, 0) is 14.8 Å². The molecule has 0 atom stereocenters. The Hall–Kier alpha value is -2.97. The van der Waals surface area contributed by atoms with Crippen molar-refractivity contribution in [2.75, 3.05) is 4.72 Å². The lowest BCUT2D eigenvalue weighted by Gasteiger charge is -2.09. The molecule has 0 saturated heterocycles. The van der Waals surface area contributed by atoms with E-state index in [-0.39, 0.29) is 10.7 Å². The number of hydrogen-bond donors (Lipinski definition) is 3. The van der Waals surface area contributed by atoms with E-state index >= 15 is 0 Å². The van der Waals surface area contributed by atoms with Crippen LogP contribution in [0.3, 0.4) is 0 Å². The Bertz CT molecular complexity index is 919. The van der Waals surface area contributed by atoms with Crippen LogP contribution in [0.25, 0.3) is 6.08 Å². The highest BCUT2D eigenvalue weighted by atomic mass is 32.2. The van der Waals surface area contributed by atoms with Gasteiger partial charge in [-0.05, 0) is 55.0 Å². The van der Waals surface area contributed by atoms with Crippen molar-refractivity contribution in [3.63, 3.8) is 0 Å². The number of ketones is 1. The van der Waals surface area contributed by atoms with Gasteiger partial charge in [-0.1, -0.05) is 26.0 Å². The van der Waals surface area contributed by atoms with Crippen LogP contribution in [0.5, 0.6) is 0 Å². The van der Waals surface area contributed by atoms with Crippen molar-refractivity contribution in [3.05, 3.63) is 65.7 Å². The molecule has 2 aromatic carbocycles. The molecule has 1 amide bonds. The summed E-state index contributed by atoms with van der Waals surface area (Å²) in [7, 11) is -3.83. The first-order valence-corrected chi connectivity index (χ1v) is 9.66. The normalized spacial score (nSPS) is 10.7. The SMILES string of the molecule is CC.CC(=O)c1ccc(NS(=O)(=O)c2cccc(/C=C/C(=O)NO)c2)cc1. The summed E-state index contributed by atoms with van der Waals surface area (Å²) in [6.45, 7) is 5.43. The highest BCUT2D eigenvalue weighted by Crippen LogP contribution is 2.18. The molecule has 0 bridgehead atoms. The maximum absolute atomic E-state index is 12.4. The van der Waals surface area contributed by atoms with E-state index in [4.69, 9.17) is 5.21 Å². The monoisotopic (exact) mass is 390 g/mol. The first kappa shape index (κ1) is 22.1. The number of anilines is 1. The van der Waals surface area contributed by atoms with Gasteiger partial charge in [0.1, 0.15) is 0 Å². The van der Waals surface area contributed by atoms with Crippen LogP contribution in [0.15, 0.2) is 59.5 Å². The zero-order valence-corrected chi connectivity index (χ0v) is 16.1. The number of nitrogens with one attached hydrogen (secondary N) is 2. The number of hydroxylamine groups is 1. The van der Waals surface area contributed by atoms with Gasteiger partial charge in [-0.3, -0.25) is 19.5 Å². The molecule has 2 rings (SSSR count). The van der Waals surface area contributed by atoms with Crippen LogP contribution in [-0.4, -0.2) is 25.3 Å². The maximum atomic E-state index is 12.4. The topological polar surface area (TPSA) is 113 Å². The van der Waals surface area contributed by atoms with Crippen LogP contribution in [0.4, 0.5) is 5.69 Å². The van der Waals surface area contributed by atoms with Gasteiger partial charge in [-0.2, -0.15) is 0 Å². The Morgan fingerprint density at radius 3 is 2.22 bits per heavy atom. The molecule has 0 radical (unpaired) electrons. The maximum Gasteiger partial charge on any atom is 0.267 e. The van der Waals surface area contributed by atoms with Crippen molar-refractivity contribution in [1.82, 2.24) is 5.48 Å². The Kier molecular flexibility index (Phi) is 8.37. The van der Waals surface area contributed by atoms with Gasteiger partial charge in [0.05, 0.1) is 4.90 Å². The minimum absolute atomic E-state index is 0.00898. The molecule has 0 unspecified atom stereocenters. The molecule has 27 heavy (non-hydrogen) atoms. The lowest BCUT2D eigenvalue weighted by Crippen LogP contribution is -2.15. The van der Waals surface area contributed by atoms with Crippen molar-refractivity contribution < 1.29 is 23.2 Å². The van der Waals surface area contributed by atoms with E-state index in [0.717, 1.165) is 6.08 Å². The minimum atomic E-state index is -3.83. The van der Waals surface area contributed by atoms with Crippen molar-refractivity contribution in [2.24, 2.45) is 0 Å². The predicted molar refractivity (Wildman–Crippen MR) is 104 cm³/mol. The van der Waals surface area contributed by atoms with Crippen molar-refractivity contribution in [2.45, 2.75) is 25.7 Å². The fourth-order valence-electron chi connectivity index (χ4n) is 1.98. The van der Waals surface area contributed by atoms with E-state index in [2.05, 4.69) is 4.72 Å². The fraction of sp³-hybridized carbons (Fsp3) is 0.158. The van der Waals surface area contributed by atoms with Crippen molar-refractivity contribution in [1.29, 1.82) is 0 Å². The number of sulfonamides is 1. The van der Waals surface area contributed by atoms with E-state index < -0.39 is 15.9 Å². The Labute approximate surface area is 158 Å². The van der Waals surface area contributed by atoms with Crippen LogP contribution < -0.4 is 10.2 Å². The van der Waals surface area contributed by atoms with E-state index in [1.807, 2.05) is 13.8 Å². The molecule has 2 aromatic rings. The van der Waals surface area contributed by atoms with Crippen molar-refractivity contribution in [3.8, 4) is 0 Å². The van der Waals surface area contributed by atoms with Crippen LogP contribution >= 0.6 is 0 Å². The first-order chi connectivity index (χ1) is 12.8. The number of rotatable bonds is 6. The molecule has 0 aromatic heterocycles. The zero-order chi connectivity index (χ0) is 20.4. The van der Waals surface area contributed by atoms with Crippen LogP contribution in [0, 0.1) is 0 Å². The standard InChI is InChI=1S/C17H16N2O5S.C2H6/c1-12(20)14-6-8-15(9-7-14)19-25(23,24)16-4-2-3-13(11-16)5-10-17(21)18-22;1-2/h2-11,19,22H,1H3,(H,18,21);1-2H3/b10-5+;. The van der Waals surface area contributed by atoms with Gasteiger partial charge >= 0.3 is 0 Å². The molecule has 0 aliphatic rings. The fourth-order valence-corrected chi connectivity index (χ4v) is 3.09. The van der Waals surface area contributed by atoms with Crippen LogP contribution in [0.1, 0.15) is 36.7 Å². The summed E-state index contributed by atoms with van der Waals surface area (Å²) < 4.78 is 27.3. The van der Waals surface area contributed by atoms with E-state index in [1.54, 1.807) is 6.07 Å². The molecule has 0 saturated carbocycles. The van der Waals surface area contributed by atoms with Crippen LogP contribution in [0.2, 0.25) is 0 Å². The summed E-state index contributed by atoms with van der Waals surface area (Å²) >= 11 is 0. The van der Waals surface area contributed by atoms with E-state index in [1.165, 1.54) is 60.9 Å². The number of amides is 1. The molecule has 8 heteroatoms. The second kappa shape index (κ2) is 10.2. The van der Waals surface area contributed by atoms with Gasteiger partial charge < -0.3 is 0 Å². The molecule has 144 valence electrons. The van der Waals surface area contributed by atoms with E-state index in [0.29, 0.717) is 16.8 Å². The highest BCUT2D eigenvalue weighted by Gasteiger charge is 2.14. The minimum Gasteiger partial charge on any atom is -0.295 e. The molecule has 7 nitrogen and oxygen atoms in total. The molecule has 0 spiro atoms. The molecule has 0 aliphatic heterocycles. The molecule has 3 N–H and O–H groups in total. The largest absolute Gasteiger partial charge is 0.295 e. The summed E-state index contributed by atoms with van der Waals surface area (Å²) in [5.41, 5.74) is 2.72. The number of carbonyl (C=O) groups is 2. The number of hydrogen-bond acceptors (Lipinski definition) is 5. The number of benzene rings is 2. The van der Waals surface area contributed by atoms with Gasteiger partial charge in [-0.25, -0.2) is 13.9 Å². The van der Waals surface area contributed by atoms with Gasteiger partial charge in [0, 0.05) is 17.3 Å². The van der Waals surface area contributed by atoms with Gasteiger partial charge in [0.2, 0.25) is 0 Å². The quantitative estimate of drug-likeness (QED) is 0.303. The Balaban J connectivity index is 0.00000176. The molecule has 0 aliphatic carbocycles. The second-order valence-corrected chi connectivity index (χ2v) is 6.80. The first-order valence-electron chi connectivity index (χ1n) is 8.18. The highest BCUT2D eigenvalue weighted by molar-refractivity contribution is 7.92. The molecular formula is C19H22N2O5S. The average molecular weight is 390 g/mol. The summed E-state index contributed by atoms with van der Waals surface area (Å²) in [5.74, 6) is -0.835. The lowest BCUT2D eigenvalue weighted by molar-refractivity contribution is -0.124. The predicted octanol–water partition coefficient (Wildman–Crippen LogP) is 3.23. The van der Waals surface area contributed by atoms with Gasteiger partial charge in [0.15, 0.2) is 5.78 Å². The van der Waals surface area contributed by atoms with Gasteiger partial charge in [0.25, 0.3) is 15.9 Å². The third kappa shape index (κ3) is 6.69. The summed E-state index contributed by atoms with van der Waals surface area (Å²) in [6, 6.07) is 12.0. The van der Waals surface area contributed by atoms with E-state index in [9.17, 15) is 18.0 Å². The summed E-state index contributed by atoms with van der Waals surface area (Å²) in [5, 5.41) is 8.44. The molecule has 0 heterocycles. The third-order valence-corrected chi connectivity index (χ3v) is 4.63. The Morgan fingerprint density at radius 1 is 1.04 bits per heavy atom. The van der Waals surface area contributed by atoms with Crippen molar-refractivity contribution >= 4 is 33.5 Å². The zero-order valence-electron chi connectivity index (χ0n) is 15.3. The Morgan fingerprint density at radius 2 is 1.67 bits per heavy atom. The number of carbonyl (C=O) groups excluding carboxylic acids is 2. The van der Waals surface area contributed by atoms with Gasteiger partial charge in [-0.15, -0.1) is 0 Å². The lowest BCUT2D eigenvalue weighted by atomic mass is 10.1. The summed E-state index contributed by atoms with van der Waals surface area (Å²) in [4.78, 5) is 22.2. The average Bonchev–Trinajstić information content (AvgIpc) is 2.68. The molecule has 0 fully saturated rings. The summed E-state index contributed by atoms with van der Waals surface area (Å²) in [6.07, 6.45) is 2.44.